The quantitative estimate of drug-likeness (QED) is 0.835. The largest absolute Gasteiger partial charge is 0.316 e. The Labute approximate surface area is 132 Å². The molecule has 2 rings (SSSR count). The molecule has 1 heterocycles. The molecule has 1 N–H and O–H groups in total. The molecule has 0 aromatic heterocycles. The van der Waals surface area contributed by atoms with Crippen molar-refractivity contribution in [3.8, 4) is 0 Å². The highest BCUT2D eigenvalue weighted by Gasteiger charge is 2.22. The predicted octanol–water partition coefficient (Wildman–Crippen LogP) is 4.22. The van der Waals surface area contributed by atoms with Crippen LogP contribution in [0.1, 0.15) is 44.7 Å². The minimum absolute atomic E-state index is 0.479. The van der Waals surface area contributed by atoms with E-state index in [1.54, 1.807) is 0 Å². The van der Waals surface area contributed by atoms with Crippen molar-refractivity contribution in [3.63, 3.8) is 0 Å². The molecule has 1 aliphatic heterocycles. The van der Waals surface area contributed by atoms with Crippen molar-refractivity contribution in [1.82, 2.24) is 10.2 Å². The summed E-state index contributed by atoms with van der Waals surface area (Å²) in [6.07, 6.45) is 3.92. The molecular weight excluding hydrogens is 312 g/mol. The van der Waals surface area contributed by atoms with Crippen molar-refractivity contribution in [3.05, 3.63) is 34.3 Å². The highest BCUT2D eigenvalue weighted by molar-refractivity contribution is 9.10. The Hall–Kier alpha value is -0.380. The van der Waals surface area contributed by atoms with Crippen LogP contribution < -0.4 is 5.32 Å². The molecule has 0 saturated carbocycles. The molecule has 0 amide bonds. The maximum Gasteiger partial charge on any atom is 0.0331 e. The molecule has 0 aliphatic carbocycles. The number of nitrogens with zero attached hydrogens (tertiary/aromatic N) is 1. The molecule has 3 heteroatoms. The smallest absolute Gasteiger partial charge is 0.0331 e. The van der Waals surface area contributed by atoms with Gasteiger partial charge in [-0.3, -0.25) is 4.90 Å². The molecule has 20 heavy (non-hydrogen) atoms. The molecule has 0 radical (unpaired) electrons. The van der Waals surface area contributed by atoms with E-state index in [4.69, 9.17) is 0 Å². The molecular formula is C17H27BrN2. The molecule has 1 aromatic carbocycles. The van der Waals surface area contributed by atoms with Gasteiger partial charge in [-0.2, -0.15) is 0 Å². The third-order valence-electron chi connectivity index (χ3n) is 4.31. The Morgan fingerprint density at radius 3 is 2.85 bits per heavy atom. The Morgan fingerprint density at radius 1 is 1.40 bits per heavy atom. The summed E-state index contributed by atoms with van der Waals surface area (Å²) in [5.41, 5.74) is 1.41. The monoisotopic (exact) mass is 338 g/mol. The van der Waals surface area contributed by atoms with Crippen LogP contribution in [0.25, 0.3) is 0 Å². The molecule has 112 valence electrons. The van der Waals surface area contributed by atoms with E-state index < -0.39 is 0 Å². The standard InChI is InChI=1S/C17H27BrN2/c1-3-11-20(13-15-7-6-10-19-12-15)14(2)16-8-4-5-9-17(16)18/h4-5,8-9,14-15,19H,3,6-7,10-13H2,1-2H3. The third kappa shape index (κ3) is 4.31. The van der Waals surface area contributed by atoms with Crippen molar-refractivity contribution < 1.29 is 0 Å². The first-order valence-corrected chi connectivity index (χ1v) is 8.70. The van der Waals surface area contributed by atoms with Crippen LogP contribution in [0.4, 0.5) is 0 Å². The molecule has 1 aromatic rings. The summed E-state index contributed by atoms with van der Waals surface area (Å²) < 4.78 is 1.23. The lowest BCUT2D eigenvalue weighted by atomic mass is 9.97. The first-order chi connectivity index (χ1) is 9.72. The average Bonchev–Trinajstić information content (AvgIpc) is 2.48. The van der Waals surface area contributed by atoms with Crippen molar-refractivity contribution in [2.45, 2.75) is 39.2 Å². The van der Waals surface area contributed by atoms with E-state index >= 15 is 0 Å². The van der Waals surface area contributed by atoms with Gasteiger partial charge in [0.05, 0.1) is 0 Å². The van der Waals surface area contributed by atoms with Crippen LogP contribution in [0.3, 0.4) is 0 Å². The molecule has 1 saturated heterocycles. The number of benzene rings is 1. The molecule has 0 spiro atoms. The summed E-state index contributed by atoms with van der Waals surface area (Å²) >= 11 is 3.70. The zero-order valence-corrected chi connectivity index (χ0v) is 14.3. The highest BCUT2D eigenvalue weighted by atomic mass is 79.9. The highest BCUT2D eigenvalue weighted by Crippen LogP contribution is 2.28. The van der Waals surface area contributed by atoms with Crippen LogP contribution >= 0.6 is 15.9 Å². The van der Waals surface area contributed by atoms with Crippen LogP contribution in [-0.2, 0) is 0 Å². The summed E-state index contributed by atoms with van der Waals surface area (Å²) in [4.78, 5) is 2.65. The SMILES string of the molecule is CCCN(CC1CCCNC1)C(C)c1ccccc1Br. The fourth-order valence-electron chi connectivity index (χ4n) is 3.15. The van der Waals surface area contributed by atoms with Gasteiger partial charge in [-0.25, -0.2) is 0 Å². The van der Waals surface area contributed by atoms with Crippen LogP contribution in [-0.4, -0.2) is 31.1 Å². The van der Waals surface area contributed by atoms with Gasteiger partial charge >= 0.3 is 0 Å². The number of hydrogen-bond donors (Lipinski definition) is 1. The molecule has 2 unspecified atom stereocenters. The van der Waals surface area contributed by atoms with Gasteiger partial charge in [0.25, 0.3) is 0 Å². The average molecular weight is 339 g/mol. The zero-order chi connectivity index (χ0) is 14.4. The van der Waals surface area contributed by atoms with Gasteiger partial charge in [-0.1, -0.05) is 41.1 Å². The van der Waals surface area contributed by atoms with E-state index in [9.17, 15) is 0 Å². The van der Waals surface area contributed by atoms with E-state index in [1.165, 1.54) is 55.5 Å². The van der Waals surface area contributed by atoms with Gasteiger partial charge in [0.2, 0.25) is 0 Å². The Morgan fingerprint density at radius 2 is 2.20 bits per heavy atom. The normalized spacial score (nSPS) is 21.1. The molecule has 1 aliphatic rings. The lowest BCUT2D eigenvalue weighted by molar-refractivity contribution is 0.162. The number of halogens is 1. The van der Waals surface area contributed by atoms with E-state index in [2.05, 4.69) is 64.3 Å². The van der Waals surface area contributed by atoms with E-state index in [0.717, 1.165) is 5.92 Å². The summed E-state index contributed by atoms with van der Waals surface area (Å²) in [6.45, 7) is 9.39. The summed E-state index contributed by atoms with van der Waals surface area (Å²) in [6, 6.07) is 9.11. The van der Waals surface area contributed by atoms with Crippen LogP contribution in [0.2, 0.25) is 0 Å². The van der Waals surface area contributed by atoms with Gasteiger partial charge < -0.3 is 5.32 Å². The first kappa shape index (κ1) is 16.0. The predicted molar refractivity (Wildman–Crippen MR) is 90.0 cm³/mol. The van der Waals surface area contributed by atoms with Gasteiger partial charge in [0.1, 0.15) is 0 Å². The van der Waals surface area contributed by atoms with Gasteiger partial charge in [-0.05, 0) is 63.4 Å². The zero-order valence-electron chi connectivity index (χ0n) is 12.7. The molecule has 1 fully saturated rings. The lowest BCUT2D eigenvalue weighted by Crippen LogP contribution is -2.39. The lowest BCUT2D eigenvalue weighted by Gasteiger charge is -2.34. The second-order valence-corrected chi connectivity index (χ2v) is 6.76. The first-order valence-electron chi connectivity index (χ1n) is 7.91. The topological polar surface area (TPSA) is 15.3 Å². The Bertz CT molecular complexity index is 402. The second kappa shape index (κ2) is 8.16. The maximum absolute atomic E-state index is 3.70. The third-order valence-corrected chi connectivity index (χ3v) is 5.03. The van der Waals surface area contributed by atoms with Crippen molar-refractivity contribution in [2.75, 3.05) is 26.2 Å². The maximum atomic E-state index is 3.70. The van der Waals surface area contributed by atoms with Crippen LogP contribution in [0.5, 0.6) is 0 Å². The Kier molecular flexibility index (Phi) is 6.53. The van der Waals surface area contributed by atoms with Crippen molar-refractivity contribution in [2.24, 2.45) is 5.92 Å². The summed E-state index contributed by atoms with van der Waals surface area (Å²) in [5.74, 6) is 0.806. The molecule has 0 bridgehead atoms. The Balaban J connectivity index is 2.04. The van der Waals surface area contributed by atoms with E-state index in [1.807, 2.05) is 0 Å². The minimum Gasteiger partial charge on any atom is -0.316 e. The van der Waals surface area contributed by atoms with E-state index in [-0.39, 0.29) is 0 Å². The minimum atomic E-state index is 0.479. The van der Waals surface area contributed by atoms with Gasteiger partial charge in [0, 0.05) is 17.1 Å². The van der Waals surface area contributed by atoms with Gasteiger partial charge in [0.15, 0.2) is 0 Å². The number of nitrogens with one attached hydrogen (secondary N) is 1. The van der Waals surface area contributed by atoms with Crippen LogP contribution in [0.15, 0.2) is 28.7 Å². The molecule has 2 nitrogen and oxygen atoms in total. The van der Waals surface area contributed by atoms with Crippen LogP contribution in [0, 0.1) is 5.92 Å². The second-order valence-electron chi connectivity index (χ2n) is 5.90. The summed E-state index contributed by atoms with van der Waals surface area (Å²) in [7, 11) is 0. The number of hydrogen-bond acceptors (Lipinski definition) is 2. The number of piperidine rings is 1. The fourth-order valence-corrected chi connectivity index (χ4v) is 3.77. The van der Waals surface area contributed by atoms with Crippen molar-refractivity contribution >= 4 is 15.9 Å². The van der Waals surface area contributed by atoms with E-state index in [0.29, 0.717) is 6.04 Å². The summed E-state index contributed by atoms with van der Waals surface area (Å²) in [5, 5.41) is 3.54. The van der Waals surface area contributed by atoms with Crippen molar-refractivity contribution in [1.29, 1.82) is 0 Å². The van der Waals surface area contributed by atoms with Gasteiger partial charge in [-0.15, -0.1) is 0 Å². The molecule has 2 atom stereocenters. The fraction of sp³-hybridized carbons (Fsp3) is 0.647. The number of rotatable bonds is 6.